The SMILES string of the molecule is c1ccc(OCCn2nc(C3CCN(C4CCOCC4)CC3)c3nccnc32)cc1. The van der Waals surface area contributed by atoms with Gasteiger partial charge in [0.25, 0.3) is 0 Å². The molecule has 0 saturated carbocycles. The van der Waals surface area contributed by atoms with Crippen LogP contribution < -0.4 is 4.74 Å². The van der Waals surface area contributed by atoms with Crippen LogP contribution in [0.1, 0.15) is 37.3 Å². The molecule has 2 saturated heterocycles. The largest absolute Gasteiger partial charge is 0.492 e. The molecule has 0 aliphatic carbocycles. The highest BCUT2D eigenvalue weighted by atomic mass is 16.5. The van der Waals surface area contributed by atoms with Gasteiger partial charge in [-0.1, -0.05) is 18.2 Å². The van der Waals surface area contributed by atoms with Crippen LogP contribution in [0.4, 0.5) is 0 Å². The van der Waals surface area contributed by atoms with Gasteiger partial charge >= 0.3 is 0 Å². The summed E-state index contributed by atoms with van der Waals surface area (Å²) < 4.78 is 13.4. The second kappa shape index (κ2) is 9.10. The van der Waals surface area contributed by atoms with E-state index in [9.17, 15) is 0 Å². The Balaban J connectivity index is 1.27. The van der Waals surface area contributed by atoms with Crippen LogP contribution in [0.15, 0.2) is 42.7 Å². The van der Waals surface area contributed by atoms with E-state index in [0.29, 0.717) is 25.1 Å². The van der Waals surface area contributed by atoms with Crippen LogP contribution in [0.25, 0.3) is 11.2 Å². The van der Waals surface area contributed by atoms with E-state index in [1.807, 2.05) is 35.0 Å². The highest BCUT2D eigenvalue weighted by Gasteiger charge is 2.30. The molecule has 0 atom stereocenters. The van der Waals surface area contributed by atoms with Crippen molar-refractivity contribution in [3.05, 3.63) is 48.4 Å². The lowest BCUT2D eigenvalue weighted by Gasteiger charge is -2.38. The Hall–Kier alpha value is -2.51. The third kappa shape index (κ3) is 4.18. The molecular formula is C23H29N5O2. The maximum absolute atomic E-state index is 5.87. The number of piperidine rings is 1. The van der Waals surface area contributed by atoms with Crippen molar-refractivity contribution in [2.24, 2.45) is 0 Å². The fourth-order valence-electron chi connectivity index (χ4n) is 4.71. The Morgan fingerprint density at radius 3 is 2.53 bits per heavy atom. The zero-order chi connectivity index (χ0) is 20.2. The van der Waals surface area contributed by atoms with Crippen molar-refractivity contribution in [1.29, 1.82) is 0 Å². The number of rotatable bonds is 6. The third-order valence-corrected chi connectivity index (χ3v) is 6.33. The molecule has 0 unspecified atom stereocenters. The molecule has 0 N–H and O–H groups in total. The Kier molecular flexibility index (Phi) is 5.90. The Morgan fingerprint density at radius 2 is 1.73 bits per heavy atom. The first kappa shape index (κ1) is 19.5. The number of fused-ring (bicyclic) bond motifs is 1. The predicted molar refractivity (Wildman–Crippen MR) is 115 cm³/mol. The molecule has 0 amide bonds. The molecule has 2 aliphatic heterocycles. The number of hydrogen-bond donors (Lipinski definition) is 0. The van der Waals surface area contributed by atoms with Gasteiger partial charge in [-0.05, 0) is 50.9 Å². The maximum Gasteiger partial charge on any atom is 0.177 e. The topological polar surface area (TPSA) is 65.3 Å². The van der Waals surface area contributed by atoms with Gasteiger partial charge in [-0.3, -0.25) is 0 Å². The van der Waals surface area contributed by atoms with Gasteiger partial charge < -0.3 is 14.4 Å². The fourth-order valence-corrected chi connectivity index (χ4v) is 4.71. The van der Waals surface area contributed by atoms with Gasteiger partial charge in [-0.2, -0.15) is 5.10 Å². The van der Waals surface area contributed by atoms with E-state index in [4.69, 9.17) is 14.6 Å². The molecule has 2 fully saturated rings. The zero-order valence-electron chi connectivity index (χ0n) is 17.3. The lowest BCUT2D eigenvalue weighted by Crippen LogP contribution is -2.43. The number of nitrogens with zero attached hydrogens (tertiary/aromatic N) is 5. The first-order valence-corrected chi connectivity index (χ1v) is 11.1. The molecule has 5 rings (SSSR count). The average Bonchev–Trinajstić information content (AvgIpc) is 3.19. The van der Waals surface area contributed by atoms with Gasteiger partial charge in [0.05, 0.1) is 12.2 Å². The third-order valence-electron chi connectivity index (χ3n) is 6.33. The van der Waals surface area contributed by atoms with Crippen LogP contribution >= 0.6 is 0 Å². The first-order chi connectivity index (χ1) is 14.9. The van der Waals surface area contributed by atoms with Crippen LogP contribution in [0.3, 0.4) is 0 Å². The smallest absolute Gasteiger partial charge is 0.177 e. The minimum atomic E-state index is 0.441. The Labute approximate surface area is 177 Å². The van der Waals surface area contributed by atoms with Gasteiger partial charge in [0.1, 0.15) is 17.9 Å². The Bertz CT molecular complexity index is 947. The summed E-state index contributed by atoms with van der Waals surface area (Å²) >= 11 is 0. The number of benzene rings is 1. The van der Waals surface area contributed by atoms with Crippen molar-refractivity contribution in [2.45, 2.75) is 44.2 Å². The van der Waals surface area contributed by atoms with Crippen LogP contribution in [-0.4, -0.2) is 63.6 Å². The van der Waals surface area contributed by atoms with E-state index < -0.39 is 0 Å². The molecule has 7 nitrogen and oxygen atoms in total. The average molecular weight is 408 g/mol. The minimum Gasteiger partial charge on any atom is -0.492 e. The number of hydrogen-bond acceptors (Lipinski definition) is 6. The molecule has 30 heavy (non-hydrogen) atoms. The van der Waals surface area contributed by atoms with Crippen molar-refractivity contribution in [3.8, 4) is 5.75 Å². The van der Waals surface area contributed by atoms with E-state index >= 15 is 0 Å². The van der Waals surface area contributed by atoms with Gasteiger partial charge in [0, 0.05) is 37.6 Å². The molecule has 1 aromatic carbocycles. The van der Waals surface area contributed by atoms with Crippen LogP contribution in [0.2, 0.25) is 0 Å². The van der Waals surface area contributed by atoms with Gasteiger partial charge in [-0.25, -0.2) is 14.6 Å². The van der Waals surface area contributed by atoms with Crippen LogP contribution in [0, 0.1) is 0 Å². The summed E-state index contributed by atoms with van der Waals surface area (Å²) in [6.07, 6.45) is 8.09. The van der Waals surface area contributed by atoms with Crippen molar-refractivity contribution in [2.75, 3.05) is 32.9 Å². The molecule has 7 heteroatoms. The van der Waals surface area contributed by atoms with E-state index in [-0.39, 0.29) is 0 Å². The molecule has 158 valence electrons. The molecule has 0 bridgehead atoms. The normalized spacial score (nSPS) is 19.3. The van der Waals surface area contributed by atoms with Crippen molar-refractivity contribution >= 4 is 11.2 Å². The standard InChI is InChI=1S/C23H29N5O2/c1-2-4-20(5-3-1)30-17-14-28-23-22(24-10-11-25-23)21(26-28)18-6-12-27(13-7-18)19-8-15-29-16-9-19/h1-5,10-11,18-19H,6-9,12-17H2. The van der Waals surface area contributed by atoms with Crippen molar-refractivity contribution < 1.29 is 9.47 Å². The minimum absolute atomic E-state index is 0.441. The quantitative estimate of drug-likeness (QED) is 0.625. The predicted octanol–water partition coefficient (Wildman–Crippen LogP) is 3.26. The maximum atomic E-state index is 5.87. The van der Waals surface area contributed by atoms with Gasteiger partial charge in [0.15, 0.2) is 5.65 Å². The molecule has 2 aromatic heterocycles. The second-order valence-corrected chi connectivity index (χ2v) is 8.15. The summed E-state index contributed by atoms with van der Waals surface area (Å²) in [5, 5.41) is 4.95. The molecule has 4 heterocycles. The lowest BCUT2D eigenvalue weighted by atomic mass is 9.91. The highest BCUT2D eigenvalue weighted by molar-refractivity contribution is 5.73. The van der Waals surface area contributed by atoms with E-state index in [2.05, 4.69) is 14.9 Å². The molecule has 0 radical (unpaired) electrons. The van der Waals surface area contributed by atoms with Gasteiger partial charge in [-0.15, -0.1) is 0 Å². The lowest BCUT2D eigenvalue weighted by molar-refractivity contribution is 0.0250. The van der Waals surface area contributed by atoms with E-state index in [1.54, 1.807) is 12.4 Å². The van der Waals surface area contributed by atoms with E-state index in [1.165, 1.54) is 0 Å². The van der Waals surface area contributed by atoms with Gasteiger partial charge in [0.2, 0.25) is 0 Å². The first-order valence-electron chi connectivity index (χ1n) is 11.1. The summed E-state index contributed by atoms with van der Waals surface area (Å²) in [6, 6.07) is 10.6. The van der Waals surface area contributed by atoms with Crippen molar-refractivity contribution in [1.82, 2.24) is 24.6 Å². The number of para-hydroxylation sites is 1. The molecule has 2 aliphatic rings. The Morgan fingerprint density at radius 1 is 0.967 bits per heavy atom. The fraction of sp³-hybridized carbons (Fsp3) is 0.522. The summed E-state index contributed by atoms with van der Waals surface area (Å²) in [5.74, 6) is 1.32. The molecule has 3 aromatic rings. The second-order valence-electron chi connectivity index (χ2n) is 8.15. The summed E-state index contributed by atoms with van der Waals surface area (Å²) in [4.78, 5) is 11.9. The number of aromatic nitrogens is 4. The summed E-state index contributed by atoms with van der Waals surface area (Å²) in [6.45, 7) is 5.27. The molecule has 0 spiro atoms. The van der Waals surface area contributed by atoms with E-state index in [0.717, 1.165) is 74.6 Å². The molecular weight excluding hydrogens is 378 g/mol. The summed E-state index contributed by atoms with van der Waals surface area (Å²) in [7, 11) is 0. The van der Waals surface area contributed by atoms with Crippen molar-refractivity contribution in [3.63, 3.8) is 0 Å². The highest BCUT2D eigenvalue weighted by Crippen LogP contribution is 2.32. The summed E-state index contributed by atoms with van der Waals surface area (Å²) in [5.41, 5.74) is 2.90. The zero-order valence-corrected chi connectivity index (χ0v) is 17.3. The van der Waals surface area contributed by atoms with Crippen LogP contribution in [-0.2, 0) is 11.3 Å². The number of ether oxygens (including phenoxy) is 2. The number of likely N-dealkylation sites (tertiary alicyclic amines) is 1. The van der Waals surface area contributed by atoms with Crippen LogP contribution in [0.5, 0.6) is 5.75 Å². The monoisotopic (exact) mass is 407 g/mol.